The van der Waals surface area contributed by atoms with Gasteiger partial charge in [0.25, 0.3) is 11.5 Å². The van der Waals surface area contributed by atoms with E-state index in [0.717, 1.165) is 16.7 Å². The fourth-order valence-electron chi connectivity index (χ4n) is 3.68. The van der Waals surface area contributed by atoms with Gasteiger partial charge in [0.1, 0.15) is 0 Å². The van der Waals surface area contributed by atoms with Crippen LogP contribution < -0.4 is 5.56 Å². The predicted molar refractivity (Wildman–Crippen MR) is 114 cm³/mol. The molecule has 1 aromatic carbocycles. The normalized spacial score (nSPS) is 15.8. The molecule has 3 heterocycles. The molecule has 1 amide bonds. The van der Waals surface area contributed by atoms with Gasteiger partial charge in [0.2, 0.25) is 5.88 Å². The number of benzene rings is 1. The van der Waals surface area contributed by atoms with Gasteiger partial charge < -0.3 is 19.5 Å². The first-order valence-corrected chi connectivity index (χ1v) is 10.4. The van der Waals surface area contributed by atoms with Crippen LogP contribution in [-0.2, 0) is 19.1 Å². The number of fused-ring (bicyclic) bond motifs is 1. The third-order valence-corrected chi connectivity index (χ3v) is 5.98. The maximum atomic E-state index is 13.2. The van der Waals surface area contributed by atoms with Crippen molar-refractivity contribution in [3.05, 3.63) is 72.5 Å². The number of carboxylic acid groups (broad SMARTS) is 1. The molecular weight excluding hydrogens is 501 g/mol. The largest absolute Gasteiger partial charge is 0.476 e. The number of carbonyl (C=O) groups is 2. The highest BCUT2D eigenvalue weighted by Gasteiger charge is 2.36. The summed E-state index contributed by atoms with van der Waals surface area (Å²) in [6.45, 7) is 1.53. The first-order valence-electron chi connectivity index (χ1n) is 9.63. The zero-order valence-corrected chi connectivity index (χ0v) is 18.7. The number of carbonyl (C=O) groups excluding carboxylic acids is 1. The van der Waals surface area contributed by atoms with Crippen LogP contribution in [0, 0.1) is 4.77 Å². The Hall–Kier alpha value is -3.45. The van der Waals surface area contributed by atoms with E-state index in [0.29, 0.717) is 11.8 Å². The van der Waals surface area contributed by atoms with Crippen LogP contribution in [0.25, 0.3) is 5.88 Å². The van der Waals surface area contributed by atoms with Gasteiger partial charge in [-0.05, 0) is 43.8 Å². The predicted octanol–water partition coefficient (Wildman–Crippen LogP) is 3.84. The number of aromatic amines is 1. The van der Waals surface area contributed by atoms with Crippen molar-refractivity contribution >= 4 is 35.7 Å². The minimum absolute atomic E-state index is 0.0612. The fourth-order valence-corrected chi connectivity index (χ4v) is 4.20. The number of amides is 1. The molecule has 0 bridgehead atoms. The number of aromatic nitrogens is 3. The number of rotatable bonds is 3. The quantitative estimate of drug-likeness (QED) is 0.509. The summed E-state index contributed by atoms with van der Waals surface area (Å²) < 4.78 is 45.4. The Balaban J connectivity index is 1.71. The number of nitrogens with one attached hydrogen (secondary N) is 1. The zero-order valence-electron chi connectivity index (χ0n) is 17.1. The van der Waals surface area contributed by atoms with Crippen molar-refractivity contribution in [2.24, 2.45) is 0 Å². The van der Waals surface area contributed by atoms with Crippen molar-refractivity contribution < 1.29 is 32.4 Å². The summed E-state index contributed by atoms with van der Waals surface area (Å²) in [6.07, 6.45) is -4.67. The number of hydrogen-bond acceptors (Lipinski definition) is 6. The molecule has 0 saturated heterocycles. The van der Waals surface area contributed by atoms with E-state index in [9.17, 15) is 27.6 Å². The van der Waals surface area contributed by atoms with Gasteiger partial charge >= 0.3 is 12.1 Å². The van der Waals surface area contributed by atoms with Gasteiger partial charge in [0.05, 0.1) is 17.1 Å². The van der Waals surface area contributed by atoms with Crippen molar-refractivity contribution in [3.63, 3.8) is 0 Å². The van der Waals surface area contributed by atoms with E-state index in [4.69, 9.17) is 33.4 Å². The van der Waals surface area contributed by atoms with Gasteiger partial charge in [0.15, 0.2) is 10.5 Å². The van der Waals surface area contributed by atoms with Gasteiger partial charge in [0, 0.05) is 28.9 Å². The van der Waals surface area contributed by atoms with Crippen LogP contribution in [0.15, 0.2) is 33.6 Å². The molecule has 0 fully saturated rings. The molecule has 1 atom stereocenters. The van der Waals surface area contributed by atoms with Gasteiger partial charge in [-0.1, -0.05) is 16.8 Å². The van der Waals surface area contributed by atoms with Crippen LogP contribution >= 0.6 is 23.8 Å². The van der Waals surface area contributed by atoms with Crippen LogP contribution in [0.1, 0.15) is 44.6 Å². The molecule has 14 heteroatoms. The van der Waals surface area contributed by atoms with Crippen LogP contribution in [0.3, 0.4) is 0 Å². The molecule has 0 saturated carbocycles. The second-order valence-corrected chi connectivity index (χ2v) is 8.36. The monoisotopic (exact) mass is 514 g/mol. The first-order chi connectivity index (χ1) is 15.9. The van der Waals surface area contributed by atoms with Crippen molar-refractivity contribution in [2.75, 3.05) is 0 Å². The molecule has 1 aliphatic rings. The zero-order chi connectivity index (χ0) is 24.9. The summed E-state index contributed by atoms with van der Waals surface area (Å²) in [7, 11) is 0. The molecule has 3 aromatic rings. The van der Waals surface area contributed by atoms with E-state index in [1.54, 1.807) is 6.92 Å². The molecule has 2 N–H and O–H groups in total. The van der Waals surface area contributed by atoms with Gasteiger partial charge in [-0.2, -0.15) is 13.2 Å². The molecular formula is C20H14ClF3N4O5S. The summed E-state index contributed by atoms with van der Waals surface area (Å²) in [4.78, 5) is 41.3. The minimum Gasteiger partial charge on any atom is -0.476 e. The molecule has 4 rings (SSSR count). The summed E-state index contributed by atoms with van der Waals surface area (Å²) in [6, 6.07) is 3.39. The van der Waals surface area contributed by atoms with Gasteiger partial charge in [-0.3, -0.25) is 9.59 Å². The molecule has 9 nitrogen and oxygen atoms in total. The van der Waals surface area contributed by atoms with Crippen LogP contribution in [0.5, 0.6) is 0 Å². The molecule has 0 radical (unpaired) electrons. The second-order valence-electron chi connectivity index (χ2n) is 7.56. The van der Waals surface area contributed by atoms with Gasteiger partial charge in [-0.25, -0.2) is 9.36 Å². The maximum absolute atomic E-state index is 13.2. The number of nitrogens with zero attached hydrogens (tertiary/aromatic N) is 3. The Kier molecular flexibility index (Phi) is 5.85. The molecule has 1 aliphatic heterocycles. The molecule has 2 aromatic heterocycles. The third kappa shape index (κ3) is 4.12. The number of hydrogen-bond donors (Lipinski definition) is 2. The minimum atomic E-state index is -4.73. The van der Waals surface area contributed by atoms with E-state index in [2.05, 4.69) is 10.1 Å². The first kappa shape index (κ1) is 23.7. The summed E-state index contributed by atoms with van der Waals surface area (Å²) in [5.41, 5.74) is -1.76. The van der Waals surface area contributed by atoms with Crippen molar-refractivity contribution in [1.29, 1.82) is 0 Å². The van der Waals surface area contributed by atoms with E-state index in [-0.39, 0.29) is 34.7 Å². The Labute approximate surface area is 198 Å². The summed E-state index contributed by atoms with van der Waals surface area (Å²) in [5.74, 6) is -2.22. The molecule has 178 valence electrons. The lowest BCUT2D eigenvalue weighted by Gasteiger charge is -2.34. The number of alkyl halides is 3. The highest BCUT2D eigenvalue weighted by Crippen LogP contribution is 2.35. The molecule has 0 unspecified atom stereocenters. The third-order valence-electron chi connectivity index (χ3n) is 5.36. The van der Waals surface area contributed by atoms with Crippen molar-refractivity contribution in [2.45, 2.75) is 32.1 Å². The topological polar surface area (TPSA) is 121 Å². The lowest BCUT2D eigenvalue weighted by molar-refractivity contribution is -0.137. The Morgan fingerprint density at radius 1 is 1.32 bits per heavy atom. The number of halogens is 4. The average molecular weight is 515 g/mol. The van der Waals surface area contributed by atoms with Crippen LogP contribution in [-0.4, -0.2) is 42.6 Å². The summed E-state index contributed by atoms with van der Waals surface area (Å²) in [5, 5.41) is 11.9. The van der Waals surface area contributed by atoms with Crippen LogP contribution in [0.2, 0.25) is 5.02 Å². The fraction of sp³-hybridized carbons (Fsp3) is 0.250. The molecule has 0 aliphatic carbocycles. The summed E-state index contributed by atoms with van der Waals surface area (Å²) >= 11 is 10.9. The Morgan fingerprint density at radius 3 is 2.65 bits per heavy atom. The number of carboxylic acids is 1. The average Bonchev–Trinajstić information content (AvgIpc) is 3.23. The van der Waals surface area contributed by atoms with Gasteiger partial charge in [-0.15, -0.1) is 0 Å². The Bertz CT molecular complexity index is 1450. The highest BCUT2D eigenvalue weighted by molar-refractivity contribution is 7.71. The smallest absolute Gasteiger partial charge is 0.417 e. The van der Waals surface area contributed by atoms with E-state index in [1.165, 1.54) is 11.0 Å². The second kappa shape index (κ2) is 8.40. The standard InChI is InChI=1S/C20H14ClF3N4O5S/c1-8-4-10-14(25-19(34)28(17(10)30)15-6-13(18(31)32)26-33-15)7-27(8)16(29)9-2-3-12(21)11(5-9)20(22,23)24/h2-3,5-6,8H,4,7H2,1H3,(H,25,34)(H,31,32)/t8-/m1/s1. The van der Waals surface area contributed by atoms with Crippen molar-refractivity contribution in [3.8, 4) is 5.88 Å². The number of H-pyrrole nitrogens is 1. The molecule has 34 heavy (non-hydrogen) atoms. The van der Waals surface area contributed by atoms with E-state index >= 15 is 0 Å². The van der Waals surface area contributed by atoms with E-state index < -0.39 is 45.9 Å². The lowest BCUT2D eigenvalue weighted by atomic mass is 9.98. The molecule has 0 spiro atoms. The van der Waals surface area contributed by atoms with E-state index in [1.807, 2.05) is 0 Å². The Morgan fingerprint density at radius 2 is 2.03 bits per heavy atom. The highest BCUT2D eigenvalue weighted by atomic mass is 35.5. The SMILES string of the molecule is C[C@@H]1Cc2c([nH]c(=S)n(-c3cc(C(=O)O)no3)c2=O)CN1C(=O)c1ccc(Cl)c(C(F)(F)F)c1. The number of aromatic carboxylic acids is 1. The maximum Gasteiger partial charge on any atom is 0.417 e. The van der Waals surface area contributed by atoms with Crippen LogP contribution in [0.4, 0.5) is 13.2 Å². The lowest BCUT2D eigenvalue weighted by Crippen LogP contribution is -2.45. The van der Waals surface area contributed by atoms with Crippen molar-refractivity contribution in [1.82, 2.24) is 19.6 Å².